The van der Waals surface area contributed by atoms with E-state index in [9.17, 15) is 22.8 Å². The van der Waals surface area contributed by atoms with Crippen molar-refractivity contribution < 1.29 is 36.8 Å². The number of nitrogens with zero attached hydrogens (tertiary/aromatic N) is 4. The topological polar surface area (TPSA) is 111 Å². The second kappa shape index (κ2) is 10.7. The van der Waals surface area contributed by atoms with Crippen molar-refractivity contribution in [1.29, 1.82) is 0 Å². The van der Waals surface area contributed by atoms with Crippen molar-refractivity contribution in [2.45, 2.75) is 63.7 Å². The van der Waals surface area contributed by atoms with Crippen LogP contribution in [0.2, 0.25) is 5.28 Å². The minimum absolute atomic E-state index is 0.0124. The summed E-state index contributed by atoms with van der Waals surface area (Å²) in [6.07, 6.45) is 1.14. The maximum absolute atomic E-state index is 14.2. The second-order valence-electron chi connectivity index (χ2n) is 12.3. The van der Waals surface area contributed by atoms with Crippen molar-refractivity contribution in [2.24, 2.45) is 17.3 Å². The van der Waals surface area contributed by atoms with Gasteiger partial charge in [0.25, 0.3) is 0 Å². The van der Waals surface area contributed by atoms with Crippen LogP contribution in [0, 0.1) is 17.3 Å². The molecule has 1 aromatic carbocycles. The molecule has 0 spiro atoms. The normalized spacial score (nSPS) is 28.1. The van der Waals surface area contributed by atoms with E-state index in [1.54, 1.807) is 17.7 Å². The minimum Gasteiger partial charge on any atom is -0.469 e. The van der Waals surface area contributed by atoms with Crippen LogP contribution >= 0.6 is 11.6 Å². The van der Waals surface area contributed by atoms with Crippen LogP contribution < -0.4 is 5.73 Å². The molecular formula is C30H34ClF3N5O4+. The van der Waals surface area contributed by atoms with Crippen molar-refractivity contribution in [3.8, 4) is 0 Å². The summed E-state index contributed by atoms with van der Waals surface area (Å²) in [5, 5.41) is 0.0351. The molecule has 4 atom stereocenters. The largest absolute Gasteiger partial charge is 0.469 e. The molecule has 1 aromatic heterocycles. The molecule has 4 aliphatic rings. The predicted octanol–water partition coefficient (Wildman–Crippen LogP) is 4.65. The zero-order valence-corrected chi connectivity index (χ0v) is 24.8. The lowest BCUT2D eigenvalue weighted by molar-refractivity contribution is -0.425. The molecule has 4 heterocycles. The van der Waals surface area contributed by atoms with Crippen LogP contribution in [0.25, 0.3) is 0 Å². The van der Waals surface area contributed by atoms with Crippen LogP contribution in [0.4, 0.5) is 24.7 Å². The highest BCUT2D eigenvalue weighted by Gasteiger charge is 2.56. The first-order chi connectivity index (χ1) is 20.3. The number of alkyl halides is 3. The van der Waals surface area contributed by atoms with Gasteiger partial charge in [0.15, 0.2) is 5.54 Å². The number of hydrogen-bond acceptors (Lipinski definition) is 7. The first kappa shape index (κ1) is 29.8. The molecule has 1 amide bonds. The van der Waals surface area contributed by atoms with Gasteiger partial charge in [-0.1, -0.05) is 0 Å². The molecule has 2 aromatic rings. The van der Waals surface area contributed by atoms with Gasteiger partial charge < -0.3 is 20.1 Å². The molecule has 6 rings (SSSR count). The summed E-state index contributed by atoms with van der Waals surface area (Å²) >= 11 is 6.31. The van der Waals surface area contributed by atoms with Gasteiger partial charge in [0.1, 0.15) is 6.21 Å². The number of halogens is 4. The van der Waals surface area contributed by atoms with E-state index in [1.807, 2.05) is 4.90 Å². The summed E-state index contributed by atoms with van der Waals surface area (Å²) in [5.74, 6) is 0.674. The maximum Gasteiger partial charge on any atom is 0.416 e. The molecule has 1 aliphatic carbocycles. The van der Waals surface area contributed by atoms with Gasteiger partial charge in [0, 0.05) is 30.6 Å². The van der Waals surface area contributed by atoms with Crippen LogP contribution in [-0.4, -0.2) is 64.4 Å². The summed E-state index contributed by atoms with van der Waals surface area (Å²) in [6, 6.07) is 3.54. The molecule has 2 N–H and O–H groups in total. The van der Waals surface area contributed by atoms with Crippen LogP contribution in [0.15, 0.2) is 18.2 Å². The Bertz CT molecular complexity index is 1520. The third kappa shape index (κ3) is 5.37. The second-order valence-corrected chi connectivity index (χ2v) is 12.7. The molecule has 2 fully saturated rings. The van der Waals surface area contributed by atoms with Gasteiger partial charge in [0.2, 0.25) is 5.91 Å². The van der Waals surface area contributed by atoms with Crippen LogP contribution in [-0.2, 0) is 43.7 Å². The molecule has 230 valence electrons. The van der Waals surface area contributed by atoms with E-state index in [4.69, 9.17) is 26.8 Å². The lowest BCUT2D eigenvalue weighted by atomic mass is 9.63. The van der Waals surface area contributed by atoms with E-state index >= 15 is 0 Å². The fourth-order valence-electron chi connectivity index (χ4n) is 7.12. The van der Waals surface area contributed by atoms with Crippen molar-refractivity contribution >= 4 is 41.2 Å². The van der Waals surface area contributed by atoms with Crippen molar-refractivity contribution in [2.75, 3.05) is 32.6 Å². The molecule has 13 heteroatoms. The standard InChI is InChI=1S/C30H34ClF3N5O4/c1-28(18-10-19(30(32,33)34)12-21(35)11-18)15-39(28)25-22-13-38(8-6-23(22)36-27(31)37-25)26(41)29-7-5-17(3-4-24(40)42-2)9-20(29)14-43-16-29/h10-12,15,17,20H,3-9,13-14,16,35H2,1-2H3/q+1/t17?,20?,28-,29-/m1/s1. The maximum atomic E-state index is 14.2. The molecule has 43 heavy (non-hydrogen) atoms. The van der Waals surface area contributed by atoms with Crippen molar-refractivity contribution in [1.82, 2.24) is 14.9 Å². The lowest BCUT2D eigenvalue weighted by Crippen LogP contribution is -2.51. The number of aromatic nitrogens is 2. The van der Waals surface area contributed by atoms with Gasteiger partial charge in [-0.15, -0.1) is 0 Å². The zero-order chi connectivity index (χ0) is 30.7. The summed E-state index contributed by atoms with van der Waals surface area (Å²) < 4.78 is 53.1. The number of carbonyl (C=O) groups is 2. The fraction of sp³-hybridized carbons (Fsp3) is 0.567. The van der Waals surface area contributed by atoms with Gasteiger partial charge in [-0.25, -0.2) is 4.58 Å². The average Bonchev–Trinajstić information content (AvgIpc) is 3.48. The van der Waals surface area contributed by atoms with Gasteiger partial charge in [-0.3, -0.25) is 9.59 Å². The number of nitrogens with two attached hydrogens (primary N) is 1. The zero-order valence-electron chi connectivity index (χ0n) is 24.0. The van der Waals surface area contributed by atoms with E-state index in [2.05, 4.69) is 9.97 Å². The number of anilines is 1. The Kier molecular flexibility index (Phi) is 7.44. The Morgan fingerprint density at radius 2 is 2.07 bits per heavy atom. The summed E-state index contributed by atoms with van der Waals surface area (Å²) in [5.41, 5.74) is 5.33. The third-order valence-electron chi connectivity index (χ3n) is 9.69. The van der Waals surface area contributed by atoms with Crippen molar-refractivity contribution in [3.63, 3.8) is 0 Å². The highest BCUT2D eigenvalue weighted by atomic mass is 35.5. The first-order valence-corrected chi connectivity index (χ1v) is 14.8. The quantitative estimate of drug-likeness (QED) is 0.217. The van der Waals surface area contributed by atoms with Gasteiger partial charge >= 0.3 is 23.2 Å². The molecule has 1 saturated carbocycles. The monoisotopic (exact) mass is 620 g/mol. The highest BCUT2D eigenvalue weighted by molar-refractivity contribution is 6.28. The van der Waals surface area contributed by atoms with Crippen molar-refractivity contribution in [3.05, 3.63) is 45.9 Å². The summed E-state index contributed by atoms with van der Waals surface area (Å²) in [7, 11) is 1.39. The number of hydrogen-bond donors (Lipinski definition) is 1. The summed E-state index contributed by atoms with van der Waals surface area (Å²) in [6.45, 7) is 3.38. The average molecular weight is 621 g/mol. The fourth-order valence-corrected chi connectivity index (χ4v) is 7.30. The summed E-state index contributed by atoms with van der Waals surface area (Å²) in [4.78, 5) is 36.6. The van der Waals surface area contributed by atoms with E-state index in [-0.39, 0.29) is 35.3 Å². The Balaban J connectivity index is 1.23. The number of fused-ring (bicyclic) bond motifs is 2. The van der Waals surface area contributed by atoms with E-state index in [1.165, 1.54) is 13.2 Å². The lowest BCUT2D eigenvalue weighted by Gasteiger charge is -2.43. The van der Waals surface area contributed by atoms with Crippen LogP contribution in [0.3, 0.4) is 0 Å². The number of amides is 1. The number of benzene rings is 1. The number of ether oxygens (including phenoxy) is 2. The molecule has 2 unspecified atom stereocenters. The van der Waals surface area contributed by atoms with E-state index in [0.717, 1.165) is 37.0 Å². The highest BCUT2D eigenvalue weighted by Crippen LogP contribution is 2.51. The van der Waals surface area contributed by atoms with E-state index < -0.39 is 22.7 Å². The molecule has 9 nitrogen and oxygen atoms in total. The van der Waals surface area contributed by atoms with E-state index in [0.29, 0.717) is 62.0 Å². The Hall–Kier alpha value is -3.25. The number of nitrogen functional groups attached to an aromatic ring is 1. The van der Waals surface area contributed by atoms with Gasteiger partial charge in [-0.05, 0) is 79.2 Å². The molecule has 1 saturated heterocycles. The number of methoxy groups -OCH3 is 1. The molecular weight excluding hydrogens is 587 g/mol. The van der Waals surface area contributed by atoms with Gasteiger partial charge in [-0.2, -0.15) is 18.2 Å². The number of esters is 1. The minimum atomic E-state index is -4.54. The van der Waals surface area contributed by atoms with Gasteiger partial charge in [0.05, 0.1) is 49.1 Å². The molecule has 3 aliphatic heterocycles. The Labute approximate surface area is 252 Å². The van der Waals surface area contributed by atoms with Crippen LogP contribution in [0.1, 0.15) is 61.4 Å². The Morgan fingerprint density at radius 3 is 2.81 bits per heavy atom. The third-order valence-corrected chi connectivity index (χ3v) is 9.86. The first-order valence-electron chi connectivity index (χ1n) is 14.5. The predicted molar refractivity (Wildman–Crippen MR) is 151 cm³/mol. The molecule has 0 radical (unpaired) electrons. The Morgan fingerprint density at radius 1 is 1.28 bits per heavy atom. The number of carbonyl (C=O) groups excluding carboxylic acids is 2. The molecule has 0 bridgehead atoms. The SMILES string of the molecule is COC(=O)CCC1CC[C@@]2(C(=O)N3CCc4nc(Cl)nc([N+]5=C[C@]5(C)c5cc(N)cc(C(F)(F)F)c5)c4C3)COCC2C1. The number of rotatable bonds is 6. The smallest absolute Gasteiger partial charge is 0.416 e. The van der Waals surface area contributed by atoms with Crippen LogP contribution in [0.5, 0.6) is 0 Å².